The van der Waals surface area contributed by atoms with Crippen molar-refractivity contribution in [3.63, 3.8) is 0 Å². The molecule has 2 nitrogen and oxygen atoms in total. The van der Waals surface area contributed by atoms with Crippen LogP contribution in [0.5, 0.6) is 0 Å². The number of aliphatic hydroxyl groups excluding tert-OH is 1. The number of nitrogens with zero attached hydrogens (tertiary/aromatic N) is 1. The Kier molecular flexibility index (Phi) is 3.17. The topological polar surface area (TPSA) is 23.5 Å². The lowest BCUT2D eigenvalue weighted by Crippen LogP contribution is -2.33. The fourth-order valence-electron chi connectivity index (χ4n) is 3.24. The van der Waals surface area contributed by atoms with Crippen molar-refractivity contribution < 1.29 is 5.11 Å². The highest BCUT2D eigenvalue weighted by atomic mass is 32.1. The molecule has 4 rings (SSSR count). The molecule has 2 aliphatic heterocycles. The maximum atomic E-state index is 9.83. The molecule has 0 unspecified atom stereocenters. The molecule has 1 aromatic carbocycles. The molecule has 0 spiro atoms. The van der Waals surface area contributed by atoms with Crippen molar-refractivity contribution >= 4 is 22.6 Å². The zero-order valence-electron chi connectivity index (χ0n) is 11.7. The lowest BCUT2D eigenvalue weighted by atomic mass is 9.93. The molecule has 0 atom stereocenters. The summed E-state index contributed by atoms with van der Waals surface area (Å²) in [6, 6.07) is 12.7. The van der Waals surface area contributed by atoms with E-state index in [1.807, 2.05) is 6.07 Å². The molecule has 3 heterocycles. The molecule has 1 aromatic heterocycles. The van der Waals surface area contributed by atoms with Gasteiger partial charge in [0.1, 0.15) is 0 Å². The van der Waals surface area contributed by atoms with Crippen LogP contribution >= 0.6 is 11.3 Å². The summed E-state index contributed by atoms with van der Waals surface area (Å²) in [6.45, 7) is 2.06. The number of thiophene rings is 1. The summed E-state index contributed by atoms with van der Waals surface area (Å²) in [7, 11) is 0. The maximum absolute atomic E-state index is 9.83. The molecule has 0 fully saturated rings. The molecule has 21 heavy (non-hydrogen) atoms. The van der Waals surface area contributed by atoms with E-state index in [1.165, 1.54) is 27.3 Å². The predicted octanol–water partition coefficient (Wildman–Crippen LogP) is 3.41. The number of benzene rings is 1. The van der Waals surface area contributed by atoms with Gasteiger partial charge in [-0.3, -0.25) is 0 Å². The van der Waals surface area contributed by atoms with Gasteiger partial charge in [0.05, 0.1) is 17.2 Å². The zero-order valence-corrected chi connectivity index (χ0v) is 12.6. The van der Waals surface area contributed by atoms with Gasteiger partial charge in [0, 0.05) is 18.7 Å². The average molecular weight is 295 g/mol. The van der Waals surface area contributed by atoms with Crippen LogP contribution in [0.15, 0.2) is 53.4 Å². The van der Waals surface area contributed by atoms with E-state index in [0.29, 0.717) is 0 Å². The summed E-state index contributed by atoms with van der Waals surface area (Å²) < 4.78 is 0. The van der Waals surface area contributed by atoms with Crippen LogP contribution in [0.2, 0.25) is 0 Å². The minimum absolute atomic E-state index is 0.0967. The predicted molar refractivity (Wildman–Crippen MR) is 88.0 cm³/mol. The Balaban J connectivity index is 1.84. The van der Waals surface area contributed by atoms with Crippen LogP contribution < -0.4 is 0 Å². The fourth-order valence-corrected chi connectivity index (χ4v) is 4.30. The molecule has 0 radical (unpaired) electrons. The van der Waals surface area contributed by atoms with Crippen molar-refractivity contribution in [2.24, 2.45) is 0 Å². The van der Waals surface area contributed by atoms with E-state index in [4.69, 9.17) is 0 Å². The van der Waals surface area contributed by atoms with Gasteiger partial charge in [0.15, 0.2) is 0 Å². The molecule has 1 N–H and O–H groups in total. The third kappa shape index (κ3) is 2.13. The van der Waals surface area contributed by atoms with E-state index in [9.17, 15) is 5.11 Å². The first-order valence-corrected chi connectivity index (χ1v) is 8.16. The van der Waals surface area contributed by atoms with Gasteiger partial charge in [0.25, 0.3) is 0 Å². The monoisotopic (exact) mass is 295 g/mol. The van der Waals surface area contributed by atoms with Crippen LogP contribution in [0.1, 0.15) is 16.0 Å². The molecule has 3 heteroatoms. The van der Waals surface area contributed by atoms with Crippen LogP contribution in [0.4, 0.5) is 0 Å². The second kappa shape index (κ2) is 5.17. The minimum atomic E-state index is 0.0967. The molecule has 106 valence electrons. The summed E-state index contributed by atoms with van der Waals surface area (Å²) in [5.74, 6) is 0. The maximum Gasteiger partial charge on any atom is 0.0702 e. The highest BCUT2D eigenvalue weighted by molar-refractivity contribution is 7.11. The Bertz CT molecular complexity index is 727. The van der Waals surface area contributed by atoms with Crippen molar-refractivity contribution in [3.05, 3.63) is 69.4 Å². The van der Waals surface area contributed by atoms with Gasteiger partial charge < -0.3 is 10.0 Å². The van der Waals surface area contributed by atoms with Crippen molar-refractivity contribution in [2.75, 3.05) is 19.7 Å². The molecule has 2 aromatic rings. The van der Waals surface area contributed by atoms with E-state index < -0.39 is 0 Å². The van der Waals surface area contributed by atoms with Gasteiger partial charge in [-0.15, -0.1) is 11.3 Å². The first-order chi connectivity index (χ1) is 10.4. The Morgan fingerprint density at radius 1 is 1.14 bits per heavy atom. The largest absolute Gasteiger partial charge is 0.392 e. The normalized spacial score (nSPS) is 17.4. The highest BCUT2D eigenvalue weighted by Gasteiger charge is 2.28. The third-order valence-corrected chi connectivity index (χ3v) is 5.22. The van der Waals surface area contributed by atoms with Crippen molar-refractivity contribution in [2.45, 2.75) is 6.42 Å². The first-order valence-electron chi connectivity index (χ1n) is 7.28. The smallest absolute Gasteiger partial charge is 0.0702 e. The van der Waals surface area contributed by atoms with Crippen molar-refractivity contribution in [1.82, 2.24) is 4.90 Å². The Hall–Kier alpha value is -1.84. The van der Waals surface area contributed by atoms with Gasteiger partial charge in [-0.2, -0.15) is 0 Å². The Labute approximate surface area is 128 Å². The standard InChI is InChI=1S/C18H17NOS/c20-12-16-10-15(13-4-2-1-3-5-13)11-19-8-6-14-7-9-21-18(14)17(16)19/h1-5,7,9-10,20H,6,8,11-12H2. The summed E-state index contributed by atoms with van der Waals surface area (Å²) in [6.07, 6.45) is 3.28. The molecular formula is C18H17NOS. The van der Waals surface area contributed by atoms with E-state index in [-0.39, 0.29) is 6.61 Å². The summed E-state index contributed by atoms with van der Waals surface area (Å²) in [5, 5.41) is 12.0. The fraction of sp³-hybridized carbons (Fsp3) is 0.222. The van der Waals surface area contributed by atoms with E-state index in [2.05, 4.69) is 46.7 Å². The van der Waals surface area contributed by atoms with Crippen LogP contribution in [0.25, 0.3) is 11.3 Å². The second-order valence-corrected chi connectivity index (χ2v) is 6.43. The molecule has 0 aliphatic carbocycles. The van der Waals surface area contributed by atoms with E-state index in [1.54, 1.807) is 11.3 Å². The van der Waals surface area contributed by atoms with Crippen LogP contribution in [0, 0.1) is 0 Å². The van der Waals surface area contributed by atoms with Crippen molar-refractivity contribution in [1.29, 1.82) is 0 Å². The number of fused-ring (bicyclic) bond motifs is 3. The van der Waals surface area contributed by atoms with Crippen LogP contribution in [-0.2, 0) is 6.42 Å². The molecular weight excluding hydrogens is 278 g/mol. The zero-order chi connectivity index (χ0) is 14.2. The summed E-state index contributed by atoms with van der Waals surface area (Å²) in [5.41, 5.74) is 6.26. The van der Waals surface area contributed by atoms with E-state index >= 15 is 0 Å². The first kappa shape index (κ1) is 12.9. The molecule has 0 saturated carbocycles. The number of aliphatic hydroxyl groups is 1. The number of hydrogen-bond acceptors (Lipinski definition) is 3. The van der Waals surface area contributed by atoms with Crippen LogP contribution in [-0.4, -0.2) is 29.7 Å². The van der Waals surface area contributed by atoms with Gasteiger partial charge in [0.2, 0.25) is 0 Å². The number of hydrogen-bond donors (Lipinski definition) is 1. The molecule has 0 bridgehead atoms. The second-order valence-electron chi connectivity index (χ2n) is 5.51. The summed E-state index contributed by atoms with van der Waals surface area (Å²) >= 11 is 1.79. The molecule has 2 aliphatic rings. The summed E-state index contributed by atoms with van der Waals surface area (Å²) in [4.78, 5) is 3.76. The Morgan fingerprint density at radius 3 is 2.81 bits per heavy atom. The minimum Gasteiger partial charge on any atom is -0.392 e. The van der Waals surface area contributed by atoms with E-state index in [0.717, 1.165) is 25.1 Å². The lowest BCUT2D eigenvalue weighted by molar-refractivity contribution is 0.329. The Morgan fingerprint density at radius 2 is 2.00 bits per heavy atom. The SMILES string of the molecule is OCC1=C2c3sccc3CCN2CC(c2ccccc2)=C1. The third-order valence-electron chi connectivity index (χ3n) is 4.26. The molecule has 0 amide bonds. The van der Waals surface area contributed by atoms with Gasteiger partial charge in [-0.1, -0.05) is 30.3 Å². The number of rotatable bonds is 2. The average Bonchev–Trinajstić information content (AvgIpc) is 3.03. The highest BCUT2D eigenvalue weighted by Crippen LogP contribution is 2.39. The quantitative estimate of drug-likeness (QED) is 0.918. The molecule has 0 saturated heterocycles. The van der Waals surface area contributed by atoms with Gasteiger partial charge >= 0.3 is 0 Å². The van der Waals surface area contributed by atoms with Crippen molar-refractivity contribution in [3.8, 4) is 0 Å². The lowest BCUT2D eigenvalue weighted by Gasteiger charge is -2.36. The van der Waals surface area contributed by atoms with Crippen LogP contribution in [0.3, 0.4) is 0 Å². The van der Waals surface area contributed by atoms with Gasteiger partial charge in [-0.25, -0.2) is 0 Å². The van der Waals surface area contributed by atoms with Gasteiger partial charge in [-0.05, 0) is 40.6 Å².